The Bertz CT molecular complexity index is 626. The molecular formula is C12H11BrN2S3. The van der Waals surface area contributed by atoms with E-state index in [4.69, 9.17) is 5.84 Å². The first-order valence-corrected chi connectivity index (χ1v) is 8.79. The number of halogens is 1. The first-order chi connectivity index (χ1) is 8.78. The van der Waals surface area contributed by atoms with Crippen LogP contribution < -0.4 is 11.3 Å². The molecule has 2 nitrogen and oxygen atoms in total. The SMILES string of the molecule is NNC(Cc1sccc1Br)c1cc2sccc2s1. The Morgan fingerprint density at radius 2 is 2.06 bits per heavy atom. The lowest BCUT2D eigenvalue weighted by molar-refractivity contribution is 0.564. The second kappa shape index (κ2) is 5.40. The highest BCUT2D eigenvalue weighted by Crippen LogP contribution is 2.35. The molecule has 0 aromatic carbocycles. The summed E-state index contributed by atoms with van der Waals surface area (Å²) < 4.78 is 3.87. The third-order valence-electron chi connectivity index (χ3n) is 2.78. The van der Waals surface area contributed by atoms with Gasteiger partial charge in [0.2, 0.25) is 0 Å². The Labute approximate surface area is 126 Å². The number of hydrogen-bond acceptors (Lipinski definition) is 5. The highest BCUT2D eigenvalue weighted by Gasteiger charge is 2.16. The van der Waals surface area contributed by atoms with Gasteiger partial charge in [0, 0.05) is 30.0 Å². The number of rotatable bonds is 4. The van der Waals surface area contributed by atoms with E-state index < -0.39 is 0 Å². The molecule has 3 aromatic rings. The van der Waals surface area contributed by atoms with E-state index in [1.807, 2.05) is 11.3 Å². The van der Waals surface area contributed by atoms with Crippen LogP contribution in [0.15, 0.2) is 33.4 Å². The van der Waals surface area contributed by atoms with Crippen molar-refractivity contribution in [2.24, 2.45) is 5.84 Å². The van der Waals surface area contributed by atoms with Gasteiger partial charge in [-0.05, 0) is 44.9 Å². The molecule has 0 saturated carbocycles. The molecule has 94 valence electrons. The van der Waals surface area contributed by atoms with Crippen LogP contribution in [0.3, 0.4) is 0 Å². The van der Waals surface area contributed by atoms with Crippen molar-refractivity contribution in [2.45, 2.75) is 12.5 Å². The quantitative estimate of drug-likeness (QED) is 0.530. The lowest BCUT2D eigenvalue weighted by Crippen LogP contribution is -2.28. The molecule has 0 aliphatic rings. The van der Waals surface area contributed by atoms with Crippen molar-refractivity contribution in [1.29, 1.82) is 0 Å². The lowest BCUT2D eigenvalue weighted by atomic mass is 10.1. The molecule has 0 bridgehead atoms. The lowest BCUT2D eigenvalue weighted by Gasteiger charge is -2.13. The minimum absolute atomic E-state index is 0.185. The van der Waals surface area contributed by atoms with Gasteiger partial charge in [-0.15, -0.1) is 34.0 Å². The molecule has 3 rings (SSSR count). The summed E-state index contributed by atoms with van der Waals surface area (Å²) in [7, 11) is 0. The van der Waals surface area contributed by atoms with Crippen LogP contribution >= 0.6 is 49.9 Å². The fraction of sp³-hybridized carbons (Fsp3) is 0.167. The maximum Gasteiger partial charge on any atom is 0.0602 e. The van der Waals surface area contributed by atoms with E-state index >= 15 is 0 Å². The molecule has 0 aliphatic heterocycles. The van der Waals surface area contributed by atoms with Crippen LogP contribution in [0.1, 0.15) is 15.8 Å². The van der Waals surface area contributed by atoms with E-state index in [0.717, 1.165) is 6.42 Å². The zero-order valence-electron chi connectivity index (χ0n) is 9.35. The van der Waals surface area contributed by atoms with Crippen LogP contribution in [-0.4, -0.2) is 0 Å². The van der Waals surface area contributed by atoms with Crippen LogP contribution in [0, 0.1) is 0 Å². The maximum absolute atomic E-state index is 5.71. The number of fused-ring (bicyclic) bond motifs is 1. The molecule has 3 heterocycles. The smallest absolute Gasteiger partial charge is 0.0602 e. The van der Waals surface area contributed by atoms with Gasteiger partial charge in [0.1, 0.15) is 0 Å². The van der Waals surface area contributed by atoms with Crippen molar-refractivity contribution in [2.75, 3.05) is 0 Å². The average molecular weight is 359 g/mol. The molecule has 1 atom stereocenters. The molecule has 1 unspecified atom stereocenters. The van der Waals surface area contributed by atoms with Crippen LogP contribution in [-0.2, 0) is 6.42 Å². The van der Waals surface area contributed by atoms with Crippen molar-refractivity contribution >= 4 is 59.3 Å². The normalized spacial score (nSPS) is 13.2. The van der Waals surface area contributed by atoms with Crippen LogP contribution in [0.25, 0.3) is 9.40 Å². The summed E-state index contributed by atoms with van der Waals surface area (Å²) in [5, 5.41) is 4.23. The van der Waals surface area contributed by atoms with E-state index in [-0.39, 0.29) is 6.04 Å². The van der Waals surface area contributed by atoms with Gasteiger partial charge in [0.25, 0.3) is 0 Å². The molecular weight excluding hydrogens is 348 g/mol. The van der Waals surface area contributed by atoms with Crippen LogP contribution in [0.2, 0.25) is 0 Å². The van der Waals surface area contributed by atoms with E-state index in [1.165, 1.54) is 23.6 Å². The van der Waals surface area contributed by atoms with E-state index in [9.17, 15) is 0 Å². The fourth-order valence-corrected chi connectivity index (χ4v) is 5.60. The topological polar surface area (TPSA) is 38.0 Å². The first kappa shape index (κ1) is 12.8. The Kier molecular flexibility index (Phi) is 3.83. The number of hydrogen-bond donors (Lipinski definition) is 2. The Morgan fingerprint density at radius 1 is 1.22 bits per heavy atom. The Hall–Kier alpha value is -0.240. The third kappa shape index (κ3) is 2.41. The van der Waals surface area contributed by atoms with Gasteiger partial charge in [-0.3, -0.25) is 11.3 Å². The zero-order valence-corrected chi connectivity index (χ0v) is 13.4. The molecule has 0 saturated heterocycles. The monoisotopic (exact) mass is 358 g/mol. The molecule has 0 radical (unpaired) electrons. The molecule has 3 aromatic heterocycles. The number of nitrogens with two attached hydrogens (primary N) is 1. The van der Waals surface area contributed by atoms with E-state index in [0.29, 0.717) is 0 Å². The molecule has 0 spiro atoms. The van der Waals surface area contributed by atoms with E-state index in [2.05, 4.69) is 50.3 Å². The fourth-order valence-electron chi connectivity index (χ4n) is 1.85. The molecule has 18 heavy (non-hydrogen) atoms. The zero-order chi connectivity index (χ0) is 12.5. The van der Waals surface area contributed by atoms with Gasteiger partial charge < -0.3 is 0 Å². The van der Waals surface area contributed by atoms with Crippen LogP contribution in [0.5, 0.6) is 0 Å². The number of nitrogens with one attached hydrogen (secondary N) is 1. The predicted octanol–water partition coefficient (Wildman–Crippen LogP) is 4.53. The summed E-state index contributed by atoms with van der Waals surface area (Å²) in [5.74, 6) is 5.71. The number of hydrazine groups is 1. The van der Waals surface area contributed by atoms with Gasteiger partial charge in [-0.25, -0.2) is 0 Å². The Balaban J connectivity index is 1.88. The summed E-state index contributed by atoms with van der Waals surface area (Å²) in [4.78, 5) is 2.63. The van der Waals surface area contributed by atoms with Gasteiger partial charge >= 0.3 is 0 Å². The van der Waals surface area contributed by atoms with Gasteiger partial charge in [-0.2, -0.15) is 0 Å². The second-order valence-corrected chi connectivity index (χ2v) is 7.83. The molecule has 0 fully saturated rings. The summed E-state index contributed by atoms with van der Waals surface area (Å²) in [6, 6.07) is 6.68. The predicted molar refractivity (Wildman–Crippen MR) is 85.5 cm³/mol. The number of thiophene rings is 3. The Morgan fingerprint density at radius 3 is 2.72 bits per heavy atom. The summed E-state index contributed by atoms with van der Waals surface area (Å²) in [6.45, 7) is 0. The second-order valence-electron chi connectivity index (χ2n) is 3.91. The maximum atomic E-state index is 5.71. The third-order valence-corrected chi connectivity index (χ3v) is 6.94. The molecule has 0 aliphatic carbocycles. The minimum Gasteiger partial charge on any atom is -0.271 e. The van der Waals surface area contributed by atoms with Crippen LogP contribution in [0.4, 0.5) is 0 Å². The summed E-state index contributed by atoms with van der Waals surface area (Å²) >= 11 is 8.94. The van der Waals surface area contributed by atoms with Crippen molar-refractivity contribution in [3.63, 3.8) is 0 Å². The van der Waals surface area contributed by atoms with E-state index in [1.54, 1.807) is 22.7 Å². The first-order valence-electron chi connectivity index (χ1n) is 5.43. The molecule has 3 N–H and O–H groups in total. The minimum atomic E-state index is 0.185. The average Bonchev–Trinajstić information content (AvgIpc) is 3.01. The van der Waals surface area contributed by atoms with Crippen molar-refractivity contribution in [1.82, 2.24) is 5.43 Å². The van der Waals surface area contributed by atoms with Crippen molar-refractivity contribution in [3.05, 3.63) is 43.2 Å². The summed E-state index contributed by atoms with van der Waals surface area (Å²) in [5.41, 5.74) is 2.94. The highest BCUT2D eigenvalue weighted by atomic mass is 79.9. The van der Waals surface area contributed by atoms with Gasteiger partial charge in [-0.1, -0.05) is 0 Å². The molecule has 0 amide bonds. The highest BCUT2D eigenvalue weighted by molar-refractivity contribution is 9.10. The van der Waals surface area contributed by atoms with Gasteiger partial charge in [0.15, 0.2) is 0 Å². The largest absolute Gasteiger partial charge is 0.271 e. The van der Waals surface area contributed by atoms with Crippen molar-refractivity contribution < 1.29 is 0 Å². The van der Waals surface area contributed by atoms with Gasteiger partial charge in [0.05, 0.1) is 6.04 Å². The molecule has 6 heteroatoms. The van der Waals surface area contributed by atoms with Crippen molar-refractivity contribution in [3.8, 4) is 0 Å². The standard InChI is InChI=1S/C12H11BrN2S3/c13-7-1-3-16-10(7)5-8(15-14)11-6-12-9(18-11)2-4-17-12/h1-4,6,8,15H,5,14H2. The summed E-state index contributed by atoms with van der Waals surface area (Å²) in [6.07, 6.45) is 0.919.